The second-order valence-corrected chi connectivity index (χ2v) is 11.0. The summed E-state index contributed by atoms with van der Waals surface area (Å²) >= 11 is 12.1. The zero-order chi connectivity index (χ0) is 22.2. The maximum Gasteiger partial charge on any atom is 0.228 e. The summed E-state index contributed by atoms with van der Waals surface area (Å²) in [5.74, 6) is -0.594. The van der Waals surface area contributed by atoms with Crippen LogP contribution < -0.4 is 10.1 Å². The van der Waals surface area contributed by atoms with Crippen LogP contribution in [0.2, 0.25) is 10.0 Å². The number of nitriles is 1. The summed E-state index contributed by atoms with van der Waals surface area (Å²) in [6.07, 6.45) is 0.725. The van der Waals surface area contributed by atoms with Crippen LogP contribution in [0.15, 0.2) is 53.4 Å². The lowest BCUT2D eigenvalue weighted by Gasteiger charge is -2.22. The molecule has 0 unspecified atom stereocenters. The van der Waals surface area contributed by atoms with Crippen LogP contribution >= 0.6 is 23.2 Å². The maximum absolute atomic E-state index is 13.3. The Morgan fingerprint density at radius 1 is 1.10 bits per heavy atom. The van der Waals surface area contributed by atoms with Gasteiger partial charge in [0.15, 0.2) is 9.84 Å². The van der Waals surface area contributed by atoms with E-state index in [1.165, 1.54) is 12.1 Å². The zero-order valence-electron chi connectivity index (χ0n) is 16.4. The quantitative estimate of drug-likeness (QED) is 0.671. The summed E-state index contributed by atoms with van der Waals surface area (Å²) in [6.45, 7) is 0. The minimum Gasteiger partial charge on any atom is -0.490 e. The first-order valence-electron chi connectivity index (χ1n) is 9.88. The van der Waals surface area contributed by atoms with Gasteiger partial charge in [0.25, 0.3) is 0 Å². The molecule has 3 atom stereocenters. The van der Waals surface area contributed by atoms with Gasteiger partial charge in [0, 0.05) is 11.4 Å². The second kappa shape index (κ2) is 8.34. The van der Waals surface area contributed by atoms with Gasteiger partial charge in [0.05, 0.1) is 27.2 Å². The molecule has 4 rings (SSSR count). The molecule has 0 aromatic heterocycles. The average molecular weight is 479 g/mol. The minimum atomic E-state index is -3.78. The molecular formula is C22H20Cl2N2O4S. The van der Waals surface area contributed by atoms with Gasteiger partial charge in [-0.05, 0) is 55.7 Å². The monoisotopic (exact) mass is 478 g/mol. The van der Waals surface area contributed by atoms with Crippen molar-refractivity contribution in [3.63, 3.8) is 0 Å². The van der Waals surface area contributed by atoms with E-state index in [-0.39, 0.29) is 28.7 Å². The Morgan fingerprint density at radius 3 is 2.39 bits per heavy atom. The van der Waals surface area contributed by atoms with Gasteiger partial charge in [-0.3, -0.25) is 4.79 Å². The molecule has 0 bridgehead atoms. The van der Waals surface area contributed by atoms with Crippen LogP contribution in [-0.4, -0.2) is 31.2 Å². The van der Waals surface area contributed by atoms with Crippen LogP contribution in [-0.2, 0) is 14.6 Å². The highest BCUT2D eigenvalue weighted by Gasteiger charge is 2.50. The summed E-state index contributed by atoms with van der Waals surface area (Å²) in [5.41, 5.74) is -0.846. The van der Waals surface area contributed by atoms with E-state index in [0.29, 0.717) is 23.6 Å². The summed E-state index contributed by atoms with van der Waals surface area (Å²) in [5, 5.41) is 12.0. The molecular weight excluding hydrogens is 459 g/mol. The fourth-order valence-corrected chi connectivity index (χ4v) is 6.33. The molecule has 2 aliphatic carbocycles. The molecule has 2 saturated carbocycles. The molecule has 6 nitrogen and oxygen atoms in total. The van der Waals surface area contributed by atoms with Crippen LogP contribution in [0.3, 0.4) is 0 Å². The maximum atomic E-state index is 13.3. The smallest absolute Gasteiger partial charge is 0.228 e. The first-order chi connectivity index (χ1) is 14.7. The largest absolute Gasteiger partial charge is 0.490 e. The third-order valence-corrected chi connectivity index (χ3v) is 8.73. The van der Waals surface area contributed by atoms with Crippen molar-refractivity contribution in [3.8, 4) is 11.8 Å². The molecule has 0 saturated heterocycles. The molecule has 2 aromatic carbocycles. The van der Waals surface area contributed by atoms with Crippen molar-refractivity contribution in [1.82, 2.24) is 5.32 Å². The lowest BCUT2D eigenvalue weighted by Crippen LogP contribution is -2.43. The summed E-state index contributed by atoms with van der Waals surface area (Å²) in [6, 6.07) is 15.1. The first kappa shape index (κ1) is 21.9. The van der Waals surface area contributed by atoms with Crippen LogP contribution in [0.25, 0.3) is 0 Å². The Hall–Kier alpha value is -2.27. The summed E-state index contributed by atoms with van der Waals surface area (Å²) < 4.78 is 32.6. The predicted octanol–water partition coefficient (Wildman–Crippen LogP) is 4.17. The molecule has 162 valence electrons. The second-order valence-electron chi connectivity index (χ2n) is 7.97. The number of nitrogens with one attached hydrogen (secondary N) is 1. The molecule has 1 N–H and O–H groups in total. The van der Waals surface area contributed by atoms with Crippen molar-refractivity contribution < 1.29 is 17.9 Å². The Labute approximate surface area is 191 Å². The predicted molar refractivity (Wildman–Crippen MR) is 117 cm³/mol. The number of carbonyl (C=O) groups excluding carboxylic acids is 1. The topological polar surface area (TPSA) is 96.3 Å². The van der Waals surface area contributed by atoms with Crippen molar-refractivity contribution in [3.05, 3.63) is 58.6 Å². The van der Waals surface area contributed by atoms with Crippen LogP contribution in [0.1, 0.15) is 25.7 Å². The molecule has 2 aromatic rings. The number of ether oxygens (including phenoxy) is 1. The van der Waals surface area contributed by atoms with Gasteiger partial charge < -0.3 is 10.1 Å². The fourth-order valence-electron chi connectivity index (χ4n) is 3.88. The Bertz CT molecular complexity index is 1140. The van der Waals surface area contributed by atoms with E-state index in [2.05, 4.69) is 11.4 Å². The van der Waals surface area contributed by atoms with Crippen molar-refractivity contribution in [2.45, 2.75) is 47.5 Å². The molecule has 2 aliphatic rings. The van der Waals surface area contributed by atoms with Crippen molar-refractivity contribution in [2.75, 3.05) is 0 Å². The number of rotatable bonds is 6. The number of amides is 1. The van der Waals surface area contributed by atoms with Gasteiger partial charge >= 0.3 is 0 Å². The van der Waals surface area contributed by atoms with E-state index in [9.17, 15) is 18.5 Å². The van der Waals surface area contributed by atoms with Crippen LogP contribution in [0, 0.1) is 17.2 Å². The fraction of sp³-hybridized carbons (Fsp3) is 0.364. The molecule has 0 aliphatic heterocycles. The SMILES string of the molecule is N#CC1(NC(=O)[C@H]2C[C@H](S(=O)(=O)c3ccccc3Cl)C[C@@H]2Oc2ccc(Cl)cc2)CC1. The average Bonchev–Trinajstić information content (AvgIpc) is 3.38. The highest BCUT2D eigenvalue weighted by atomic mass is 35.5. The number of hydrogen-bond acceptors (Lipinski definition) is 5. The summed E-state index contributed by atoms with van der Waals surface area (Å²) in [7, 11) is -3.78. The number of benzene rings is 2. The third-order valence-electron chi connectivity index (χ3n) is 5.81. The first-order valence-corrected chi connectivity index (χ1v) is 12.2. The van der Waals surface area contributed by atoms with Crippen molar-refractivity contribution in [2.24, 2.45) is 5.92 Å². The third kappa shape index (κ3) is 4.52. The number of sulfone groups is 1. The minimum absolute atomic E-state index is 0.0451. The number of carbonyl (C=O) groups is 1. The molecule has 0 spiro atoms. The van der Waals surface area contributed by atoms with E-state index >= 15 is 0 Å². The lowest BCUT2D eigenvalue weighted by molar-refractivity contribution is -0.127. The standard InChI is InChI=1S/C22H20Cl2N2O4S/c23-14-5-7-15(8-6-14)30-19-12-16(31(28,29)20-4-2-1-3-18(20)24)11-17(19)21(27)26-22(13-25)9-10-22/h1-8,16-17,19H,9-12H2,(H,26,27)/t16-,17-,19-/m0/s1. The van der Waals surface area contributed by atoms with Crippen LogP contribution in [0.5, 0.6) is 5.75 Å². The van der Waals surface area contributed by atoms with E-state index in [1.54, 1.807) is 36.4 Å². The van der Waals surface area contributed by atoms with Crippen molar-refractivity contribution in [1.29, 1.82) is 5.26 Å². The van der Waals surface area contributed by atoms with Gasteiger partial charge in [0.1, 0.15) is 17.4 Å². The van der Waals surface area contributed by atoms with E-state index < -0.39 is 32.6 Å². The molecule has 31 heavy (non-hydrogen) atoms. The normalized spacial score (nSPS) is 24.2. The van der Waals surface area contributed by atoms with Gasteiger partial charge in [-0.25, -0.2) is 8.42 Å². The highest BCUT2D eigenvalue weighted by Crippen LogP contribution is 2.40. The van der Waals surface area contributed by atoms with Gasteiger partial charge in [0.2, 0.25) is 5.91 Å². The Balaban J connectivity index is 1.61. The van der Waals surface area contributed by atoms with E-state index in [0.717, 1.165) is 0 Å². The highest BCUT2D eigenvalue weighted by molar-refractivity contribution is 7.92. The van der Waals surface area contributed by atoms with Crippen LogP contribution in [0.4, 0.5) is 0 Å². The van der Waals surface area contributed by atoms with Gasteiger partial charge in [-0.2, -0.15) is 5.26 Å². The molecule has 0 heterocycles. The lowest BCUT2D eigenvalue weighted by atomic mass is 10.0. The van der Waals surface area contributed by atoms with E-state index in [4.69, 9.17) is 27.9 Å². The van der Waals surface area contributed by atoms with E-state index in [1.807, 2.05) is 0 Å². The van der Waals surface area contributed by atoms with Gasteiger partial charge in [-0.15, -0.1) is 0 Å². The number of nitrogens with zero attached hydrogens (tertiary/aromatic N) is 1. The Kier molecular flexibility index (Phi) is 5.91. The molecule has 9 heteroatoms. The molecule has 2 fully saturated rings. The zero-order valence-corrected chi connectivity index (χ0v) is 18.8. The molecule has 0 radical (unpaired) electrons. The summed E-state index contributed by atoms with van der Waals surface area (Å²) in [4.78, 5) is 13.1. The van der Waals surface area contributed by atoms with Crippen molar-refractivity contribution >= 4 is 38.9 Å². The number of hydrogen-bond donors (Lipinski definition) is 1. The van der Waals surface area contributed by atoms with Gasteiger partial charge in [-0.1, -0.05) is 35.3 Å². The Morgan fingerprint density at radius 2 is 1.77 bits per heavy atom. The number of halogens is 2. The molecule has 1 amide bonds.